The quantitative estimate of drug-likeness (QED) is 0.562. The Morgan fingerprint density at radius 1 is 1.17 bits per heavy atom. The Hall–Kier alpha value is -0.610. The Morgan fingerprint density at radius 3 is 2.50 bits per heavy atom. The zero-order chi connectivity index (χ0) is 13.8. The number of hydrogen-bond acceptors (Lipinski definition) is 3. The fourth-order valence-electron chi connectivity index (χ4n) is 1.51. The highest BCUT2D eigenvalue weighted by Gasteiger charge is 2.01. The molecule has 0 aromatic rings. The summed E-state index contributed by atoms with van der Waals surface area (Å²) in [5.74, 6) is 0.800. The first-order chi connectivity index (χ1) is 8.52. The largest absolute Gasteiger partial charge is 0.380 e. The number of amides is 1. The van der Waals surface area contributed by atoms with Crippen molar-refractivity contribution in [1.29, 1.82) is 0 Å². The fraction of sp³-hybridized carbons (Fsp3) is 0.929. The second kappa shape index (κ2) is 11.5. The summed E-state index contributed by atoms with van der Waals surface area (Å²) in [7, 11) is 0. The van der Waals surface area contributed by atoms with Gasteiger partial charge in [-0.2, -0.15) is 0 Å². The van der Waals surface area contributed by atoms with Gasteiger partial charge in [-0.25, -0.2) is 0 Å². The fourth-order valence-corrected chi connectivity index (χ4v) is 1.51. The minimum absolute atomic E-state index is 0. The van der Waals surface area contributed by atoms with Crippen molar-refractivity contribution >= 4 is 5.91 Å². The predicted molar refractivity (Wildman–Crippen MR) is 79.9 cm³/mol. The van der Waals surface area contributed by atoms with Gasteiger partial charge >= 0.3 is 0 Å². The van der Waals surface area contributed by atoms with E-state index in [0.717, 1.165) is 25.9 Å². The molecule has 4 heteroatoms. The number of hydrogen-bond donors (Lipinski definition) is 2. The van der Waals surface area contributed by atoms with Crippen LogP contribution in [0.2, 0.25) is 0 Å². The van der Waals surface area contributed by atoms with Gasteiger partial charge in [-0.3, -0.25) is 4.79 Å². The maximum Gasteiger partial charge on any atom is 0.222 e. The zero-order valence-corrected chi connectivity index (χ0v) is 12.4. The summed E-state index contributed by atoms with van der Waals surface area (Å²) in [6.45, 7) is 11.4. The molecule has 0 saturated carbocycles. The van der Waals surface area contributed by atoms with Gasteiger partial charge in [-0.15, -0.1) is 0 Å². The maximum absolute atomic E-state index is 11.4. The highest BCUT2D eigenvalue weighted by Crippen LogP contribution is 2.01. The van der Waals surface area contributed by atoms with Crippen LogP contribution in [0.15, 0.2) is 0 Å². The van der Waals surface area contributed by atoms with Crippen LogP contribution in [0.25, 0.3) is 0 Å². The Kier molecular flexibility index (Phi) is 11.1. The van der Waals surface area contributed by atoms with E-state index in [1.165, 1.54) is 0 Å². The van der Waals surface area contributed by atoms with Crippen molar-refractivity contribution in [3.8, 4) is 0 Å². The molecule has 112 valence electrons. The molecule has 0 aromatic heterocycles. The predicted octanol–water partition coefficient (Wildman–Crippen LogP) is 2.44. The van der Waals surface area contributed by atoms with Crippen LogP contribution in [-0.2, 0) is 9.53 Å². The lowest BCUT2D eigenvalue weighted by molar-refractivity contribution is -0.122. The van der Waals surface area contributed by atoms with Gasteiger partial charge in [-0.05, 0) is 18.8 Å². The molecule has 0 heterocycles. The summed E-state index contributed by atoms with van der Waals surface area (Å²) in [5.41, 5.74) is 0. The molecule has 0 aliphatic rings. The third-order valence-corrected chi connectivity index (χ3v) is 2.55. The van der Waals surface area contributed by atoms with Crippen LogP contribution in [0, 0.1) is 5.92 Å². The van der Waals surface area contributed by atoms with E-state index in [1.54, 1.807) is 0 Å². The molecule has 0 rings (SSSR count). The summed E-state index contributed by atoms with van der Waals surface area (Å²) in [5, 5.41) is 6.17. The number of nitrogens with one attached hydrogen (secondary N) is 2. The molecule has 0 unspecified atom stereocenters. The average molecular weight is 262 g/mol. The van der Waals surface area contributed by atoms with Gasteiger partial charge < -0.3 is 15.4 Å². The van der Waals surface area contributed by atoms with Gasteiger partial charge in [0.05, 0.1) is 13.2 Å². The van der Waals surface area contributed by atoms with E-state index in [4.69, 9.17) is 4.74 Å². The van der Waals surface area contributed by atoms with Crippen molar-refractivity contribution in [3.63, 3.8) is 0 Å². The van der Waals surface area contributed by atoms with Gasteiger partial charge in [0.2, 0.25) is 5.91 Å². The number of rotatable bonds is 11. The van der Waals surface area contributed by atoms with Crippen molar-refractivity contribution in [2.24, 2.45) is 5.92 Å². The highest BCUT2D eigenvalue weighted by atomic mass is 16.5. The van der Waals surface area contributed by atoms with Crippen molar-refractivity contribution in [2.75, 3.05) is 26.3 Å². The summed E-state index contributed by atoms with van der Waals surface area (Å²) in [4.78, 5) is 11.4. The third kappa shape index (κ3) is 13.5. The van der Waals surface area contributed by atoms with Crippen molar-refractivity contribution < 1.29 is 12.4 Å². The van der Waals surface area contributed by atoms with Gasteiger partial charge in [-0.1, -0.05) is 27.7 Å². The lowest BCUT2D eigenvalue weighted by Crippen LogP contribution is -2.28. The van der Waals surface area contributed by atoms with Crippen LogP contribution in [-0.4, -0.2) is 38.3 Å². The molecule has 0 spiro atoms. The van der Waals surface area contributed by atoms with Crippen molar-refractivity contribution in [2.45, 2.75) is 53.0 Å². The molecule has 0 radical (unpaired) electrons. The standard InChI is InChI=1S/C14H30N2O2.2H2/c1-12(2)6-5-8-16-14(17)7-10-18-11-9-15-13(3)4;;/h12-13,15H,5-11H2,1-4H3,(H,16,17);2*1H. The summed E-state index contributed by atoms with van der Waals surface area (Å²) >= 11 is 0. The average Bonchev–Trinajstić information content (AvgIpc) is 2.28. The maximum atomic E-state index is 11.4. The molecule has 0 saturated heterocycles. The first-order valence-electron chi connectivity index (χ1n) is 7.10. The zero-order valence-electron chi connectivity index (χ0n) is 12.4. The monoisotopic (exact) mass is 262 g/mol. The summed E-state index contributed by atoms with van der Waals surface area (Å²) in [6.07, 6.45) is 2.68. The minimum atomic E-state index is 0. The first-order valence-corrected chi connectivity index (χ1v) is 7.10. The lowest BCUT2D eigenvalue weighted by Gasteiger charge is -2.09. The summed E-state index contributed by atoms with van der Waals surface area (Å²) in [6, 6.07) is 0.484. The number of carbonyl (C=O) groups is 1. The SMILES string of the molecule is CC(C)CCCNC(=O)CCOCCNC(C)C.[HH].[HH]. The normalized spacial score (nSPS) is 11.2. The molecule has 4 nitrogen and oxygen atoms in total. The van der Waals surface area contributed by atoms with Crippen LogP contribution >= 0.6 is 0 Å². The van der Waals surface area contributed by atoms with Crippen LogP contribution in [0.5, 0.6) is 0 Å². The van der Waals surface area contributed by atoms with Gasteiger partial charge in [0.15, 0.2) is 0 Å². The number of ether oxygens (including phenoxy) is 1. The van der Waals surface area contributed by atoms with E-state index in [9.17, 15) is 4.79 Å². The van der Waals surface area contributed by atoms with E-state index in [0.29, 0.717) is 31.6 Å². The lowest BCUT2D eigenvalue weighted by atomic mass is 10.1. The second-order valence-electron chi connectivity index (χ2n) is 5.36. The van der Waals surface area contributed by atoms with Crippen LogP contribution in [0.1, 0.15) is 49.8 Å². The first kappa shape index (κ1) is 17.4. The van der Waals surface area contributed by atoms with Crippen molar-refractivity contribution in [1.82, 2.24) is 10.6 Å². The molecule has 0 aromatic carbocycles. The molecule has 18 heavy (non-hydrogen) atoms. The van der Waals surface area contributed by atoms with Crippen LogP contribution in [0.4, 0.5) is 0 Å². The molecular formula is C14H34N2O2. The van der Waals surface area contributed by atoms with E-state index in [1.807, 2.05) is 0 Å². The molecule has 0 aliphatic carbocycles. The third-order valence-electron chi connectivity index (χ3n) is 2.55. The van der Waals surface area contributed by atoms with E-state index in [-0.39, 0.29) is 8.76 Å². The van der Waals surface area contributed by atoms with Crippen molar-refractivity contribution in [3.05, 3.63) is 0 Å². The Morgan fingerprint density at radius 2 is 1.89 bits per heavy atom. The van der Waals surface area contributed by atoms with E-state index < -0.39 is 0 Å². The van der Waals surface area contributed by atoms with Crippen LogP contribution in [0.3, 0.4) is 0 Å². The van der Waals surface area contributed by atoms with Gasteiger partial charge in [0.25, 0.3) is 0 Å². The molecule has 0 atom stereocenters. The molecule has 0 aliphatic heterocycles. The molecule has 0 fully saturated rings. The van der Waals surface area contributed by atoms with E-state index >= 15 is 0 Å². The second-order valence-corrected chi connectivity index (χ2v) is 5.36. The Balaban J connectivity index is -0.00000144. The molecule has 2 N–H and O–H groups in total. The van der Waals surface area contributed by atoms with Gasteiger partial charge in [0, 0.05) is 28.4 Å². The molecule has 0 bridgehead atoms. The molecule has 1 amide bonds. The minimum Gasteiger partial charge on any atom is -0.380 e. The van der Waals surface area contributed by atoms with Crippen LogP contribution < -0.4 is 10.6 Å². The highest BCUT2D eigenvalue weighted by molar-refractivity contribution is 5.75. The summed E-state index contributed by atoms with van der Waals surface area (Å²) < 4.78 is 5.38. The Bertz CT molecular complexity index is 215. The number of carbonyl (C=O) groups excluding carboxylic acids is 1. The topological polar surface area (TPSA) is 50.4 Å². The van der Waals surface area contributed by atoms with E-state index in [2.05, 4.69) is 38.3 Å². The smallest absolute Gasteiger partial charge is 0.222 e. The van der Waals surface area contributed by atoms with Gasteiger partial charge in [0.1, 0.15) is 0 Å². The molecular weight excluding hydrogens is 228 g/mol. The Labute approximate surface area is 115 Å².